The molecule has 0 aromatic heterocycles. The molecule has 0 fully saturated rings. The van der Waals surface area contributed by atoms with Gasteiger partial charge in [0.25, 0.3) is 0 Å². The standard InChI is InChI=1S/C21H25.C13H10.C13H21.2ClH.Zr/c1-20(2,3)16-7-9-18-14(12-16)11-15-13-17(21(4,5)6)8-10-19(15)18;1-3-7-12(8-4-1)11-13-9-5-2-6-10-13;1-6-10-8-11(7-2)12(9-10)13(3,4)5;;;/h7-10,12H,11H2,1-6H3;1-10H;9-10H,6-7H2,1-5H3;2*1H;/q-1;;-1;;;+2/p-2. The van der Waals surface area contributed by atoms with Crippen molar-refractivity contribution in [1.82, 2.24) is 0 Å². The molecular weight excluding hydrogens is 727 g/mol. The maximum absolute atomic E-state index is 3.67. The molecule has 4 aromatic rings. The number of hydrogen-bond donors (Lipinski definition) is 0. The van der Waals surface area contributed by atoms with Crippen molar-refractivity contribution in [2.75, 3.05) is 0 Å². The van der Waals surface area contributed by atoms with E-state index in [-0.39, 0.29) is 35.6 Å². The molecule has 0 bridgehead atoms. The van der Waals surface area contributed by atoms with E-state index in [1.807, 2.05) is 0 Å². The van der Waals surface area contributed by atoms with E-state index in [9.17, 15) is 0 Å². The van der Waals surface area contributed by atoms with Gasteiger partial charge < -0.3 is 24.8 Å². The van der Waals surface area contributed by atoms with Gasteiger partial charge in [-0.1, -0.05) is 124 Å². The van der Waals surface area contributed by atoms with E-state index >= 15 is 0 Å². The second-order valence-corrected chi connectivity index (χ2v) is 17.5. The number of hydrogen-bond acceptors (Lipinski definition) is 0. The van der Waals surface area contributed by atoms with E-state index in [1.54, 1.807) is 0 Å². The Morgan fingerprint density at radius 2 is 1.22 bits per heavy atom. The van der Waals surface area contributed by atoms with Gasteiger partial charge in [-0.2, -0.15) is 35.4 Å². The van der Waals surface area contributed by atoms with Crippen LogP contribution >= 0.6 is 0 Å². The van der Waals surface area contributed by atoms with Crippen molar-refractivity contribution in [3.63, 3.8) is 0 Å². The van der Waals surface area contributed by atoms with Crippen molar-refractivity contribution in [3.05, 3.63) is 154 Å². The van der Waals surface area contributed by atoms with Crippen LogP contribution < -0.4 is 24.8 Å². The molecule has 1 unspecified atom stereocenters. The van der Waals surface area contributed by atoms with Crippen LogP contribution in [-0.4, -0.2) is 3.21 Å². The zero-order valence-corrected chi connectivity index (χ0v) is 36.2. The molecule has 0 amide bonds. The molecule has 264 valence electrons. The predicted octanol–water partition coefficient (Wildman–Crippen LogP) is 6.60. The van der Waals surface area contributed by atoms with Crippen molar-refractivity contribution >= 4 is 3.21 Å². The van der Waals surface area contributed by atoms with Crippen LogP contribution in [-0.2, 0) is 41.5 Å². The Labute approximate surface area is 332 Å². The third-order valence-electron chi connectivity index (χ3n) is 9.24. The molecule has 4 aromatic carbocycles. The first-order valence-electron chi connectivity index (χ1n) is 17.8. The Balaban J connectivity index is 0.000000265. The molecule has 0 saturated heterocycles. The number of rotatable bonds is 4. The Hall–Kier alpha value is -2.31. The molecule has 0 saturated carbocycles. The van der Waals surface area contributed by atoms with Gasteiger partial charge in [-0.25, -0.2) is 5.57 Å². The average molecular weight is 783 g/mol. The average Bonchev–Trinajstić information content (AvgIpc) is 3.66. The molecule has 0 spiro atoms. The normalized spacial score (nSPS) is 14.6. The van der Waals surface area contributed by atoms with E-state index in [0.717, 1.165) is 12.8 Å². The van der Waals surface area contributed by atoms with E-state index in [1.165, 1.54) is 89.5 Å². The summed E-state index contributed by atoms with van der Waals surface area (Å²) in [4.78, 5) is 0. The van der Waals surface area contributed by atoms with Crippen LogP contribution in [0.25, 0.3) is 11.1 Å². The fourth-order valence-electron chi connectivity index (χ4n) is 6.26. The number of allylic oxidation sites excluding steroid dienone is 4. The fraction of sp³-hybridized carbons (Fsp3) is 0.383. The van der Waals surface area contributed by atoms with Crippen molar-refractivity contribution in [1.29, 1.82) is 0 Å². The number of benzene rings is 4. The molecule has 0 aliphatic heterocycles. The van der Waals surface area contributed by atoms with E-state index in [2.05, 4.69) is 185 Å². The van der Waals surface area contributed by atoms with Gasteiger partial charge in [0.05, 0.1) is 0 Å². The summed E-state index contributed by atoms with van der Waals surface area (Å²) in [6.07, 6.45) is 9.31. The Kier molecular flexibility index (Phi) is 16.2. The van der Waals surface area contributed by atoms with Gasteiger partial charge in [0.2, 0.25) is 0 Å². The van der Waals surface area contributed by atoms with Gasteiger partial charge in [0.1, 0.15) is 0 Å². The maximum atomic E-state index is 3.67. The minimum atomic E-state index is 0. The Morgan fingerprint density at radius 3 is 1.66 bits per heavy atom. The summed E-state index contributed by atoms with van der Waals surface area (Å²) in [6.45, 7) is 24.9. The van der Waals surface area contributed by atoms with Gasteiger partial charge in [0.15, 0.2) is 0 Å². The van der Waals surface area contributed by atoms with Gasteiger partial charge in [0, 0.05) is 0 Å². The first kappa shape index (κ1) is 43.9. The summed E-state index contributed by atoms with van der Waals surface area (Å²) in [5.41, 5.74) is 14.6. The summed E-state index contributed by atoms with van der Waals surface area (Å²) in [5.74, 6) is 0.573. The molecule has 50 heavy (non-hydrogen) atoms. The molecule has 1 atom stereocenters. The van der Waals surface area contributed by atoms with Crippen LogP contribution in [0, 0.1) is 23.5 Å². The Morgan fingerprint density at radius 1 is 0.680 bits per heavy atom. The number of fused-ring (bicyclic) bond motifs is 3. The van der Waals surface area contributed by atoms with Gasteiger partial charge in [-0.05, 0) is 28.4 Å². The van der Waals surface area contributed by atoms with E-state index in [4.69, 9.17) is 0 Å². The van der Waals surface area contributed by atoms with Crippen molar-refractivity contribution in [2.24, 2.45) is 11.3 Å². The zero-order chi connectivity index (χ0) is 35.3. The predicted molar refractivity (Wildman–Crippen MR) is 205 cm³/mol. The summed E-state index contributed by atoms with van der Waals surface area (Å²) >= 11 is 1.46. The molecule has 6 rings (SSSR count). The third kappa shape index (κ3) is 11.3. The zero-order valence-electron chi connectivity index (χ0n) is 32.2. The molecule has 3 heteroatoms. The van der Waals surface area contributed by atoms with Gasteiger partial charge in [-0.15, -0.1) is 11.1 Å². The minimum absolute atomic E-state index is 0. The van der Waals surface area contributed by atoms with Crippen LogP contribution in [0.15, 0.2) is 108 Å². The molecule has 0 heterocycles. The van der Waals surface area contributed by atoms with Crippen molar-refractivity contribution in [3.8, 4) is 11.1 Å². The topological polar surface area (TPSA) is 0 Å². The molecule has 2 aliphatic carbocycles. The molecule has 0 N–H and O–H groups in total. The molecule has 0 nitrogen and oxygen atoms in total. The van der Waals surface area contributed by atoms with Gasteiger partial charge >= 0.3 is 99.2 Å². The molecular formula is C47H56Cl2Zr-2. The monoisotopic (exact) mass is 780 g/mol. The van der Waals surface area contributed by atoms with Crippen LogP contribution in [0.5, 0.6) is 0 Å². The fourth-order valence-corrected chi connectivity index (χ4v) is 7.08. The molecule has 2 aliphatic rings. The van der Waals surface area contributed by atoms with Crippen LogP contribution in [0.3, 0.4) is 0 Å². The summed E-state index contributed by atoms with van der Waals surface area (Å²) in [5, 5.41) is 0. The molecule has 0 radical (unpaired) electrons. The van der Waals surface area contributed by atoms with E-state index in [0.29, 0.717) is 11.3 Å². The summed E-state index contributed by atoms with van der Waals surface area (Å²) < 4.78 is 1.42. The summed E-state index contributed by atoms with van der Waals surface area (Å²) in [7, 11) is 0. The Bertz CT molecular complexity index is 1660. The van der Waals surface area contributed by atoms with Gasteiger partial charge in [-0.3, -0.25) is 6.08 Å². The van der Waals surface area contributed by atoms with Crippen LogP contribution in [0.1, 0.15) is 122 Å². The second-order valence-electron chi connectivity index (χ2n) is 16.2. The number of halogens is 2. The van der Waals surface area contributed by atoms with Crippen molar-refractivity contribution in [2.45, 2.75) is 106 Å². The quantitative estimate of drug-likeness (QED) is 0.181. The first-order valence-corrected chi connectivity index (χ1v) is 19.0. The van der Waals surface area contributed by atoms with Crippen LogP contribution in [0.2, 0.25) is 0 Å². The van der Waals surface area contributed by atoms with Crippen molar-refractivity contribution < 1.29 is 49.0 Å². The second kappa shape index (κ2) is 18.4. The summed E-state index contributed by atoms with van der Waals surface area (Å²) in [6, 6.07) is 36.3. The first-order chi connectivity index (χ1) is 22.5. The SMILES string of the molecule is CC(C)(C)c1[c-]c2c(cc1)-c1ccc(C(C)(C)C)cc1C2.CCC1=[C-]C(CC)C=C1C(C)(C)C.[Cl-].[Cl-].[Zr+2]=[C](c1ccccc1)c1ccccc1. The third-order valence-corrected chi connectivity index (χ3v) is 10.7. The van der Waals surface area contributed by atoms with E-state index < -0.39 is 0 Å². The van der Waals surface area contributed by atoms with Crippen LogP contribution in [0.4, 0.5) is 0 Å².